The van der Waals surface area contributed by atoms with Gasteiger partial charge in [-0.25, -0.2) is 0 Å². The van der Waals surface area contributed by atoms with Crippen molar-refractivity contribution >= 4 is 22.6 Å². The van der Waals surface area contributed by atoms with Gasteiger partial charge in [-0.3, -0.25) is 9.69 Å². The number of ketones is 1. The summed E-state index contributed by atoms with van der Waals surface area (Å²) in [5.74, 6) is 1.03. The van der Waals surface area contributed by atoms with Crippen LogP contribution in [0.15, 0.2) is 45.4 Å². The van der Waals surface area contributed by atoms with Crippen molar-refractivity contribution in [3.8, 4) is 0 Å². The highest BCUT2D eigenvalue weighted by atomic mass is 16.3. The van der Waals surface area contributed by atoms with Crippen molar-refractivity contribution in [1.29, 1.82) is 0 Å². The van der Waals surface area contributed by atoms with Crippen LogP contribution in [0, 0.1) is 0 Å². The van der Waals surface area contributed by atoms with E-state index in [-0.39, 0.29) is 11.3 Å². The lowest BCUT2D eigenvalue weighted by Crippen LogP contribution is -2.45. The number of nitrogens with two attached hydrogens (primary N) is 1. The van der Waals surface area contributed by atoms with Crippen LogP contribution in [-0.4, -0.2) is 29.3 Å². The van der Waals surface area contributed by atoms with Crippen molar-refractivity contribution in [3.63, 3.8) is 0 Å². The zero-order valence-electron chi connectivity index (χ0n) is 16.1. The predicted molar refractivity (Wildman–Crippen MR) is 106 cm³/mol. The Bertz CT molecular complexity index is 956. The maximum absolute atomic E-state index is 12.6. The molecule has 0 radical (unpaired) electrons. The zero-order valence-corrected chi connectivity index (χ0v) is 16.1. The number of nitrogen functional groups attached to an aromatic ring is 1. The second kappa shape index (κ2) is 6.57. The van der Waals surface area contributed by atoms with Gasteiger partial charge in [-0.05, 0) is 83.0 Å². The topological polar surface area (TPSA) is 72.6 Å². The van der Waals surface area contributed by atoms with Gasteiger partial charge in [0.05, 0.1) is 6.26 Å². The summed E-state index contributed by atoms with van der Waals surface area (Å²) in [4.78, 5) is 15.1. The third kappa shape index (κ3) is 3.28. The SMILES string of the molecule is CC(C)(C)N1CCC(c2c(N)oc3ccc(C(=O)c4ccco4)cc23)CC1. The molecule has 1 aliphatic rings. The summed E-state index contributed by atoms with van der Waals surface area (Å²) in [6, 6.07) is 8.89. The van der Waals surface area contributed by atoms with Gasteiger partial charge < -0.3 is 14.6 Å². The molecule has 2 aromatic heterocycles. The number of piperidine rings is 1. The monoisotopic (exact) mass is 366 g/mol. The molecule has 1 fully saturated rings. The van der Waals surface area contributed by atoms with Gasteiger partial charge in [-0.1, -0.05) is 0 Å². The van der Waals surface area contributed by atoms with Crippen LogP contribution in [0.3, 0.4) is 0 Å². The fourth-order valence-electron chi connectivity index (χ4n) is 4.09. The smallest absolute Gasteiger partial charge is 0.228 e. The highest BCUT2D eigenvalue weighted by Crippen LogP contribution is 2.40. The normalized spacial score (nSPS) is 16.9. The first-order chi connectivity index (χ1) is 12.8. The molecule has 0 spiro atoms. The van der Waals surface area contributed by atoms with Gasteiger partial charge in [0.2, 0.25) is 5.78 Å². The molecule has 0 atom stereocenters. The van der Waals surface area contributed by atoms with Crippen molar-refractivity contribution in [2.75, 3.05) is 18.8 Å². The van der Waals surface area contributed by atoms with Crippen molar-refractivity contribution in [1.82, 2.24) is 4.90 Å². The number of benzene rings is 1. The molecule has 1 saturated heterocycles. The van der Waals surface area contributed by atoms with Crippen molar-refractivity contribution in [3.05, 3.63) is 53.5 Å². The van der Waals surface area contributed by atoms with Crippen molar-refractivity contribution < 1.29 is 13.6 Å². The number of hydrogen-bond acceptors (Lipinski definition) is 5. The number of hydrogen-bond donors (Lipinski definition) is 1. The number of rotatable bonds is 3. The van der Waals surface area contributed by atoms with Crippen molar-refractivity contribution in [2.24, 2.45) is 0 Å². The molecule has 0 unspecified atom stereocenters. The Hall–Kier alpha value is -2.53. The molecule has 0 amide bonds. The van der Waals surface area contributed by atoms with Crippen LogP contribution in [0.2, 0.25) is 0 Å². The van der Waals surface area contributed by atoms with E-state index in [9.17, 15) is 4.79 Å². The van der Waals surface area contributed by atoms with Gasteiger partial charge in [0.15, 0.2) is 11.6 Å². The molecule has 1 aliphatic heterocycles. The number of anilines is 1. The third-order valence-electron chi connectivity index (χ3n) is 5.61. The summed E-state index contributed by atoms with van der Waals surface area (Å²) in [6.45, 7) is 8.82. The predicted octanol–water partition coefficient (Wildman–Crippen LogP) is 4.82. The van der Waals surface area contributed by atoms with Crippen LogP contribution >= 0.6 is 0 Å². The number of carbonyl (C=O) groups is 1. The molecule has 0 aliphatic carbocycles. The molecular weight excluding hydrogens is 340 g/mol. The van der Waals surface area contributed by atoms with E-state index >= 15 is 0 Å². The summed E-state index contributed by atoms with van der Waals surface area (Å²) in [6.07, 6.45) is 3.58. The Kier molecular flexibility index (Phi) is 4.35. The molecule has 5 nitrogen and oxygen atoms in total. The van der Waals surface area contributed by atoms with Gasteiger partial charge in [-0.15, -0.1) is 0 Å². The van der Waals surface area contributed by atoms with Crippen molar-refractivity contribution in [2.45, 2.75) is 45.1 Å². The molecule has 4 rings (SSSR count). The molecule has 3 aromatic rings. The van der Waals surface area contributed by atoms with E-state index in [0.717, 1.165) is 42.5 Å². The van der Waals surface area contributed by atoms with Crippen LogP contribution in [0.4, 0.5) is 5.88 Å². The Morgan fingerprint density at radius 2 is 1.93 bits per heavy atom. The lowest BCUT2D eigenvalue weighted by molar-refractivity contribution is 0.101. The number of nitrogens with zero attached hydrogens (tertiary/aromatic N) is 1. The van der Waals surface area contributed by atoms with Gasteiger partial charge in [0, 0.05) is 22.1 Å². The molecule has 5 heteroatoms. The second-order valence-corrected chi connectivity index (χ2v) is 8.33. The van der Waals surface area contributed by atoms with Crippen LogP contribution in [0.1, 0.15) is 61.2 Å². The summed E-state index contributed by atoms with van der Waals surface area (Å²) in [7, 11) is 0. The fourth-order valence-corrected chi connectivity index (χ4v) is 4.09. The van der Waals surface area contributed by atoms with E-state index in [1.165, 1.54) is 6.26 Å². The first-order valence-corrected chi connectivity index (χ1v) is 9.50. The summed E-state index contributed by atoms with van der Waals surface area (Å²) in [5.41, 5.74) is 8.79. The maximum Gasteiger partial charge on any atom is 0.228 e. The zero-order chi connectivity index (χ0) is 19.2. The Labute approximate surface area is 159 Å². The minimum atomic E-state index is -0.129. The Morgan fingerprint density at radius 1 is 1.19 bits per heavy atom. The molecule has 142 valence electrons. The largest absolute Gasteiger partial charge is 0.461 e. The maximum atomic E-state index is 12.6. The molecular formula is C22H26N2O3. The van der Waals surface area contributed by atoms with E-state index in [4.69, 9.17) is 14.6 Å². The summed E-state index contributed by atoms with van der Waals surface area (Å²) < 4.78 is 11.1. The van der Waals surface area contributed by atoms with E-state index in [1.54, 1.807) is 18.2 Å². The Balaban J connectivity index is 1.66. The standard InChI is InChI=1S/C22H26N2O3/c1-22(2,3)24-10-8-14(9-11-24)19-16-13-15(6-7-17(16)27-21(19)23)20(25)18-5-4-12-26-18/h4-7,12-14H,8-11,23H2,1-3H3. The second-order valence-electron chi connectivity index (χ2n) is 8.33. The average Bonchev–Trinajstić information content (AvgIpc) is 3.27. The van der Waals surface area contributed by atoms with E-state index < -0.39 is 0 Å². The number of fused-ring (bicyclic) bond motifs is 1. The van der Waals surface area contributed by atoms with Crippen LogP contribution in [0.5, 0.6) is 0 Å². The fraction of sp³-hybridized carbons (Fsp3) is 0.409. The van der Waals surface area contributed by atoms with E-state index in [2.05, 4.69) is 25.7 Å². The van der Waals surface area contributed by atoms with Gasteiger partial charge in [0.25, 0.3) is 0 Å². The third-order valence-corrected chi connectivity index (χ3v) is 5.61. The average molecular weight is 366 g/mol. The van der Waals surface area contributed by atoms with Crippen LogP contribution in [-0.2, 0) is 0 Å². The van der Waals surface area contributed by atoms with Gasteiger partial charge in [0.1, 0.15) is 5.58 Å². The Morgan fingerprint density at radius 3 is 2.56 bits per heavy atom. The van der Waals surface area contributed by atoms with E-state index in [1.807, 2.05) is 12.1 Å². The first-order valence-electron chi connectivity index (χ1n) is 9.50. The van der Waals surface area contributed by atoms with Crippen LogP contribution < -0.4 is 5.73 Å². The molecule has 3 heterocycles. The molecule has 0 saturated carbocycles. The van der Waals surface area contributed by atoms with Gasteiger partial charge >= 0.3 is 0 Å². The summed E-state index contributed by atoms with van der Waals surface area (Å²) >= 11 is 0. The quantitative estimate of drug-likeness (QED) is 0.673. The highest BCUT2D eigenvalue weighted by molar-refractivity contribution is 6.09. The lowest BCUT2D eigenvalue weighted by atomic mass is 9.86. The molecule has 27 heavy (non-hydrogen) atoms. The molecule has 1 aromatic carbocycles. The van der Waals surface area contributed by atoms with Gasteiger partial charge in [-0.2, -0.15) is 0 Å². The summed E-state index contributed by atoms with van der Waals surface area (Å²) in [5, 5.41) is 0.944. The molecule has 0 bridgehead atoms. The highest BCUT2D eigenvalue weighted by Gasteiger charge is 2.30. The number of carbonyl (C=O) groups excluding carboxylic acids is 1. The lowest BCUT2D eigenvalue weighted by Gasteiger charge is -2.40. The molecule has 2 N–H and O–H groups in total. The first kappa shape index (κ1) is 17.9. The van der Waals surface area contributed by atoms with Crippen LogP contribution in [0.25, 0.3) is 11.0 Å². The number of furan rings is 2. The minimum Gasteiger partial charge on any atom is -0.461 e. The van der Waals surface area contributed by atoms with E-state index in [0.29, 0.717) is 23.1 Å². The number of likely N-dealkylation sites (tertiary alicyclic amines) is 1. The minimum absolute atomic E-state index is 0.129.